The van der Waals surface area contributed by atoms with E-state index in [4.69, 9.17) is 0 Å². The summed E-state index contributed by atoms with van der Waals surface area (Å²) in [5, 5.41) is 10.0. The van der Waals surface area contributed by atoms with E-state index in [0.29, 0.717) is 5.76 Å². The summed E-state index contributed by atoms with van der Waals surface area (Å²) in [5.41, 5.74) is 1.00. The van der Waals surface area contributed by atoms with Gasteiger partial charge in [0, 0.05) is 11.3 Å². The minimum atomic E-state index is -0.259. The molecule has 0 aliphatic heterocycles. The number of rotatable bonds is 0. The Morgan fingerprint density at radius 3 is 2.36 bits per heavy atom. The van der Waals surface area contributed by atoms with Crippen LogP contribution in [0.3, 0.4) is 0 Å². The Balaban J connectivity index is 3.19. The first kappa shape index (κ1) is 11.4. The molecule has 79 valence electrons. The molecule has 1 rings (SSSR count). The van der Waals surface area contributed by atoms with Gasteiger partial charge in [-0.25, -0.2) is 0 Å². The Kier molecular flexibility index (Phi) is 2.55. The number of aliphatic hydroxyl groups is 1. The summed E-state index contributed by atoms with van der Waals surface area (Å²) in [6, 6.07) is 0. The van der Waals surface area contributed by atoms with Crippen LogP contribution in [-0.4, -0.2) is 5.11 Å². The molecule has 0 bridgehead atoms. The van der Waals surface area contributed by atoms with E-state index in [1.165, 1.54) is 5.57 Å². The van der Waals surface area contributed by atoms with Crippen LogP contribution in [0.25, 0.3) is 0 Å². The van der Waals surface area contributed by atoms with Crippen LogP contribution in [0.15, 0.2) is 23.5 Å². The summed E-state index contributed by atoms with van der Waals surface area (Å²) in [6.45, 7) is 14.6. The zero-order valence-corrected chi connectivity index (χ0v) is 9.89. The van der Waals surface area contributed by atoms with Crippen LogP contribution in [0.5, 0.6) is 0 Å². The first-order valence-corrected chi connectivity index (χ1v) is 5.12. The van der Waals surface area contributed by atoms with Crippen molar-refractivity contribution in [2.24, 2.45) is 16.7 Å². The summed E-state index contributed by atoms with van der Waals surface area (Å²) < 4.78 is 0. The molecule has 0 fully saturated rings. The lowest BCUT2D eigenvalue weighted by Crippen LogP contribution is -2.35. The molecule has 1 radical (unpaired) electrons. The molecule has 0 saturated carbocycles. The standard InChI is InChI=1S/C13H21O/c1-9-7-11(14)13(6,8-10(9)2)12(3,4)5/h7-9,14H,1H2,2-6H3. The second-order valence-electron chi connectivity index (χ2n) is 5.50. The minimum absolute atomic E-state index is 0.0228. The van der Waals surface area contributed by atoms with E-state index in [0.717, 1.165) is 0 Å². The number of hydrogen-bond donors (Lipinski definition) is 1. The average Bonchev–Trinajstić information content (AvgIpc) is 1.99. The highest BCUT2D eigenvalue weighted by Crippen LogP contribution is 2.48. The molecule has 0 amide bonds. The summed E-state index contributed by atoms with van der Waals surface area (Å²) in [7, 11) is 0. The molecular formula is C13H21O. The Hall–Kier alpha value is -0.720. The van der Waals surface area contributed by atoms with Crippen LogP contribution in [0.1, 0.15) is 34.6 Å². The lowest BCUT2D eigenvalue weighted by atomic mass is 9.63. The van der Waals surface area contributed by atoms with Gasteiger partial charge in [0.05, 0.1) is 5.76 Å². The maximum Gasteiger partial charge on any atom is 0.0990 e. The molecule has 1 heteroatoms. The van der Waals surface area contributed by atoms with Crippen molar-refractivity contribution < 1.29 is 5.11 Å². The fraction of sp³-hybridized carbons (Fsp3) is 0.615. The fourth-order valence-electron chi connectivity index (χ4n) is 1.73. The van der Waals surface area contributed by atoms with Gasteiger partial charge in [0.2, 0.25) is 0 Å². The van der Waals surface area contributed by atoms with E-state index < -0.39 is 0 Å². The highest BCUT2D eigenvalue weighted by Gasteiger charge is 2.41. The summed E-state index contributed by atoms with van der Waals surface area (Å²) in [5.74, 6) is 0.570. The minimum Gasteiger partial charge on any atom is -0.512 e. The second-order valence-corrected chi connectivity index (χ2v) is 5.50. The van der Waals surface area contributed by atoms with E-state index >= 15 is 0 Å². The third-order valence-electron chi connectivity index (χ3n) is 3.55. The Morgan fingerprint density at radius 2 is 1.93 bits per heavy atom. The molecule has 1 aliphatic rings. The van der Waals surface area contributed by atoms with Crippen molar-refractivity contribution in [3.63, 3.8) is 0 Å². The van der Waals surface area contributed by atoms with Crippen molar-refractivity contribution in [1.82, 2.24) is 0 Å². The molecule has 0 heterocycles. The largest absolute Gasteiger partial charge is 0.512 e. The van der Waals surface area contributed by atoms with Crippen LogP contribution in [0.4, 0.5) is 0 Å². The van der Waals surface area contributed by atoms with Crippen molar-refractivity contribution >= 4 is 0 Å². The molecule has 0 aromatic rings. The first-order valence-electron chi connectivity index (χ1n) is 5.12. The van der Waals surface area contributed by atoms with Gasteiger partial charge in [-0.2, -0.15) is 0 Å². The topological polar surface area (TPSA) is 20.2 Å². The average molecular weight is 193 g/mol. The van der Waals surface area contributed by atoms with Crippen LogP contribution < -0.4 is 0 Å². The number of allylic oxidation sites excluding steroid dienone is 3. The molecule has 0 aromatic carbocycles. The van der Waals surface area contributed by atoms with E-state index in [9.17, 15) is 5.11 Å². The fourth-order valence-corrected chi connectivity index (χ4v) is 1.73. The highest BCUT2D eigenvalue weighted by atomic mass is 16.3. The summed E-state index contributed by atoms with van der Waals surface area (Å²) in [6.07, 6.45) is 4.01. The molecule has 2 unspecified atom stereocenters. The van der Waals surface area contributed by atoms with Crippen LogP contribution >= 0.6 is 0 Å². The van der Waals surface area contributed by atoms with Crippen molar-refractivity contribution in [2.45, 2.75) is 34.6 Å². The molecule has 0 aromatic heterocycles. The third-order valence-corrected chi connectivity index (χ3v) is 3.55. The maximum atomic E-state index is 10.0. The second kappa shape index (κ2) is 3.15. The maximum absolute atomic E-state index is 10.0. The van der Waals surface area contributed by atoms with Crippen LogP contribution in [0, 0.1) is 23.7 Å². The first-order chi connectivity index (χ1) is 6.18. The van der Waals surface area contributed by atoms with Crippen molar-refractivity contribution in [3.8, 4) is 0 Å². The van der Waals surface area contributed by atoms with Crippen molar-refractivity contribution in [2.75, 3.05) is 0 Å². The molecule has 0 spiro atoms. The Morgan fingerprint density at radius 1 is 1.43 bits per heavy atom. The summed E-state index contributed by atoms with van der Waals surface area (Å²) >= 11 is 0. The lowest BCUT2D eigenvalue weighted by Gasteiger charge is -2.42. The van der Waals surface area contributed by atoms with Gasteiger partial charge < -0.3 is 5.11 Å². The summed E-state index contributed by atoms with van der Waals surface area (Å²) in [4.78, 5) is 0. The van der Waals surface area contributed by atoms with E-state index in [2.05, 4.69) is 47.6 Å². The van der Waals surface area contributed by atoms with Gasteiger partial charge in [-0.3, -0.25) is 0 Å². The van der Waals surface area contributed by atoms with Crippen molar-refractivity contribution in [1.29, 1.82) is 0 Å². The van der Waals surface area contributed by atoms with E-state index in [1.54, 1.807) is 0 Å². The monoisotopic (exact) mass is 193 g/mol. The molecule has 1 nitrogen and oxygen atoms in total. The molecular weight excluding hydrogens is 172 g/mol. The predicted molar refractivity (Wildman–Crippen MR) is 60.9 cm³/mol. The normalized spacial score (nSPS) is 33.7. The van der Waals surface area contributed by atoms with E-state index in [1.807, 2.05) is 6.08 Å². The van der Waals surface area contributed by atoms with Gasteiger partial charge in [-0.05, 0) is 32.3 Å². The zero-order valence-electron chi connectivity index (χ0n) is 9.89. The van der Waals surface area contributed by atoms with Gasteiger partial charge >= 0.3 is 0 Å². The smallest absolute Gasteiger partial charge is 0.0990 e. The SMILES string of the molecule is [CH2]C1C=C(O)C(C)(C(C)(C)C)C=C1C. The zero-order chi connectivity index (χ0) is 11.1. The third kappa shape index (κ3) is 1.60. The molecule has 0 saturated heterocycles. The molecule has 1 N–H and O–H groups in total. The van der Waals surface area contributed by atoms with Gasteiger partial charge in [0.15, 0.2) is 0 Å². The van der Waals surface area contributed by atoms with Gasteiger partial charge in [-0.1, -0.05) is 32.4 Å². The highest BCUT2D eigenvalue weighted by molar-refractivity contribution is 5.31. The molecule has 14 heavy (non-hydrogen) atoms. The van der Waals surface area contributed by atoms with Gasteiger partial charge in [0.1, 0.15) is 0 Å². The molecule has 1 aliphatic carbocycles. The Bertz CT molecular complexity index is 291. The van der Waals surface area contributed by atoms with Crippen molar-refractivity contribution in [3.05, 3.63) is 30.4 Å². The predicted octanol–water partition coefficient (Wildman–Crippen LogP) is 3.89. The molecule has 2 atom stereocenters. The van der Waals surface area contributed by atoms with Crippen LogP contribution in [-0.2, 0) is 0 Å². The van der Waals surface area contributed by atoms with Gasteiger partial charge in [-0.15, -0.1) is 0 Å². The van der Waals surface area contributed by atoms with Crippen LogP contribution in [0.2, 0.25) is 0 Å². The lowest BCUT2D eigenvalue weighted by molar-refractivity contribution is 0.137. The van der Waals surface area contributed by atoms with Gasteiger partial charge in [0.25, 0.3) is 0 Å². The number of hydrogen-bond acceptors (Lipinski definition) is 1. The quantitative estimate of drug-likeness (QED) is 0.579. The Labute approximate surface area is 87.5 Å². The van der Waals surface area contributed by atoms with E-state index in [-0.39, 0.29) is 16.7 Å². The number of aliphatic hydroxyl groups excluding tert-OH is 1.